The van der Waals surface area contributed by atoms with Crippen LogP contribution in [0.2, 0.25) is 0 Å². The summed E-state index contributed by atoms with van der Waals surface area (Å²) in [6.07, 6.45) is -0.878. The molecule has 20 heavy (non-hydrogen) atoms. The monoisotopic (exact) mass is 270 g/mol. The second kappa shape index (κ2) is 6.46. The van der Waals surface area contributed by atoms with E-state index in [0.717, 1.165) is 11.1 Å². The third kappa shape index (κ3) is 3.13. The molecule has 0 aliphatic rings. The van der Waals surface area contributed by atoms with E-state index in [1.54, 1.807) is 19.1 Å². The molecule has 0 saturated carbocycles. The Labute approximate surface area is 118 Å². The molecule has 2 N–H and O–H groups in total. The fraction of sp³-hybridized carbons (Fsp3) is 0.235. The van der Waals surface area contributed by atoms with Crippen LogP contribution in [0.3, 0.4) is 0 Å². The number of hydrogen-bond acceptors (Lipinski definition) is 3. The number of ketones is 1. The van der Waals surface area contributed by atoms with Crippen molar-refractivity contribution in [1.82, 2.24) is 0 Å². The smallest absolute Gasteiger partial charge is 0.141 e. The van der Waals surface area contributed by atoms with Crippen LogP contribution in [0.15, 0.2) is 54.6 Å². The predicted molar refractivity (Wildman–Crippen MR) is 77.5 cm³/mol. The first kappa shape index (κ1) is 14.4. The Bertz CT molecular complexity index is 561. The maximum Gasteiger partial charge on any atom is 0.141 e. The first-order valence-electron chi connectivity index (χ1n) is 6.57. The number of Topliss-reactive ketones (excluding diaryl/α,β-unsaturated/α-hetero) is 1. The van der Waals surface area contributed by atoms with Crippen molar-refractivity contribution in [2.75, 3.05) is 6.61 Å². The van der Waals surface area contributed by atoms with Gasteiger partial charge in [-0.1, -0.05) is 54.6 Å². The van der Waals surface area contributed by atoms with Crippen LogP contribution in [0.1, 0.15) is 35.6 Å². The van der Waals surface area contributed by atoms with Crippen LogP contribution in [0, 0.1) is 0 Å². The van der Waals surface area contributed by atoms with Crippen molar-refractivity contribution < 1.29 is 15.0 Å². The lowest BCUT2D eigenvalue weighted by Crippen LogP contribution is -2.11. The third-order valence-corrected chi connectivity index (χ3v) is 3.37. The molecule has 0 heterocycles. The maximum absolute atomic E-state index is 11.9. The highest BCUT2D eigenvalue weighted by Gasteiger charge is 2.19. The van der Waals surface area contributed by atoms with Gasteiger partial charge >= 0.3 is 0 Å². The molecule has 2 aromatic rings. The molecule has 0 radical (unpaired) electrons. The Kier molecular flexibility index (Phi) is 4.66. The number of carbonyl (C=O) groups excluding carboxylic acids is 1. The van der Waals surface area contributed by atoms with Gasteiger partial charge in [-0.3, -0.25) is 4.79 Å². The van der Waals surface area contributed by atoms with Gasteiger partial charge in [0.1, 0.15) is 11.9 Å². The zero-order valence-electron chi connectivity index (χ0n) is 11.4. The van der Waals surface area contributed by atoms with Crippen molar-refractivity contribution in [3.05, 3.63) is 71.3 Å². The highest BCUT2D eigenvalue weighted by Crippen LogP contribution is 2.26. The third-order valence-electron chi connectivity index (χ3n) is 3.37. The van der Waals surface area contributed by atoms with Crippen molar-refractivity contribution in [2.24, 2.45) is 0 Å². The van der Waals surface area contributed by atoms with Crippen molar-refractivity contribution >= 4 is 5.78 Å². The minimum Gasteiger partial charge on any atom is -0.393 e. The molecule has 0 aromatic heterocycles. The van der Waals surface area contributed by atoms with E-state index in [-0.39, 0.29) is 18.3 Å². The summed E-state index contributed by atoms with van der Waals surface area (Å²) < 4.78 is 0. The summed E-state index contributed by atoms with van der Waals surface area (Å²) in [4.78, 5) is 11.9. The van der Waals surface area contributed by atoms with Gasteiger partial charge in [-0.25, -0.2) is 0 Å². The van der Waals surface area contributed by atoms with E-state index >= 15 is 0 Å². The number of aliphatic hydroxyl groups excluding tert-OH is 2. The number of rotatable bonds is 5. The van der Waals surface area contributed by atoms with Gasteiger partial charge in [-0.2, -0.15) is 0 Å². The zero-order chi connectivity index (χ0) is 14.5. The molecule has 0 bridgehead atoms. The van der Waals surface area contributed by atoms with Gasteiger partial charge in [-0.15, -0.1) is 0 Å². The molecule has 0 aliphatic carbocycles. The summed E-state index contributed by atoms with van der Waals surface area (Å²) in [5.74, 6) is -0.219. The first-order chi connectivity index (χ1) is 9.63. The lowest BCUT2D eigenvalue weighted by Gasteiger charge is -2.16. The number of carbonyl (C=O) groups is 1. The van der Waals surface area contributed by atoms with Gasteiger partial charge in [-0.05, 0) is 23.6 Å². The van der Waals surface area contributed by atoms with E-state index in [1.807, 2.05) is 42.5 Å². The Morgan fingerprint density at radius 1 is 0.950 bits per heavy atom. The molecule has 0 amide bonds. The quantitative estimate of drug-likeness (QED) is 0.877. The molecule has 3 nitrogen and oxygen atoms in total. The summed E-state index contributed by atoms with van der Waals surface area (Å²) >= 11 is 0. The van der Waals surface area contributed by atoms with Crippen LogP contribution >= 0.6 is 0 Å². The average Bonchev–Trinajstić information content (AvgIpc) is 2.48. The largest absolute Gasteiger partial charge is 0.393 e. The number of hydrogen-bond donors (Lipinski definition) is 2. The van der Waals surface area contributed by atoms with Crippen molar-refractivity contribution in [2.45, 2.75) is 18.9 Å². The SMILES string of the molecule is CC(=O)C(c1ccccc1)c1ccc([C@H](O)CO)cc1. The van der Waals surface area contributed by atoms with Crippen LogP contribution in [-0.4, -0.2) is 22.6 Å². The van der Waals surface area contributed by atoms with Crippen LogP contribution in [-0.2, 0) is 4.79 Å². The maximum atomic E-state index is 11.9. The summed E-state index contributed by atoms with van der Waals surface area (Å²) in [5, 5.41) is 18.5. The van der Waals surface area contributed by atoms with Crippen molar-refractivity contribution in [3.8, 4) is 0 Å². The minimum absolute atomic E-state index is 0.0756. The van der Waals surface area contributed by atoms with Crippen LogP contribution in [0.4, 0.5) is 0 Å². The fourth-order valence-electron chi connectivity index (χ4n) is 2.32. The zero-order valence-corrected chi connectivity index (χ0v) is 11.4. The molecule has 2 rings (SSSR count). The molecule has 0 saturated heterocycles. The average molecular weight is 270 g/mol. The standard InChI is InChI=1S/C17H18O3/c1-12(19)17(14-5-3-2-4-6-14)15-9-7-13(8-10-15)16(20)11-18/h2-10,16-18,20H,11H2,1H3/t16-,17?/m1/s1. The normalized spacial score (nSPS) is 13.8. The Morgan fingerprint density at radius 2 is 1.45 bits per heavy atom. The molecule has 3 heteroatoms. The Hall–Kier alpha value is -1.97. The lowest BCUT2D eigenvalue weighted by molar-refractivity contribution is -0.117. The lowest BCUT2D eigenvalue weighted by atomic mass is 9.87. The van der Waals surface area contributed by atoms with Gasteiger partial charge in [0.25, 0.3) is 0 Å². The molecule has 0 aliphatic heterocycles. The van der Waals surface area contributed by atoms with Crippen molar-refractivity contribution in [3.63, 3.8) is 0 Å². The van der Waals surface area contributed by atoms with Gasteiger partial charge in [0.2, 0.25) is 0 Å². The van der Waals surface area contributed by atoms with E-state index in [4.69, 9.17) is 5.11 Å². The van der Waals surface area contributed by atoms with Gasteiger partial charge < -0.3 is 10.2 Å². The number of benzene rings is 2. The van der Waals surface area contributed by atoms with Crippen LogP contribution in [0.25, 0.3) is 0 Å². The Morgan fingerprint density at radius 3 is 1.95 bits per heavy atom. The van der Waals surface area contributed by atoms with E-state index in [1.165, 1.54) is 0 Å². The molecule has 0 fully saturated rings. The fourth-order valence-corrected chi connectivity index (χ4v) is 2.32. The molecule has 2 atom stereocenters. The topological polar surface area (TPSA) is 57.5 Å². The highest BCUT2D eigenvalue weighted by molar-refractivity contribution is 5.86. The Balaban J connectivity index is 2.34. The van der Waals surface area contributed by atoms with Gasteiger partial charge in [0.05, 0.1) is 12.5 Å². The predicted octanol–water partition coefficient (Wildman–Crippen LogP) is 2.43. The molecular formula is C17H18O3. The van der Waals surface area contributed by atoms with Crippen molar-refractivity contribution in [1.29, 1.82) is 0 Å². The molecule has 2 aromatic carbocycles. The highest BCUT2D eigenvalue weighted by atomic mass is 16.3. The first-order valence-corrected chi connectivity index (χ1v) is 6.57. The van der Waals surface area contributed by atoms with E-state index in [0.29, 0.717) is 5.56 Å². The second-order valence-corrected chi connectivity index (χ2v) is 4.82. The second-order valence-electron chi connectivity index (χ2n) is 4.82. The van der Waals surface area contributed by atoms with Crippen LogP contribution in [0.5, 0.6) is 0 Å². The molecule has 1 unspecified atom stereocenters. The van der Waals surface area contributed by atoms with Crippen LogP contribution < -0.4 is 0 Å². The van der Waals surface area contributed by atoms with E-state index < -0.39 is 6.10 Å². The molecular weight excluding hydrogens is 252 g/mol. The van der Waals surface area contributed by atoms with E-state index in [9.17, 15) is 9.90 Å². The minimum atomic E-state index is -0.878. The summed E-state index contributed by atoms with van der Waals surface area (Å²) in [5.41, 5.74) is 2.49. The molecule has 104 valence electrons. The van der Waals surface area contributed by atoms with Gasteiger partial charge in [0.15, 0.2) is 0 Å². The summed E-state index contributed by atoms with van der Waals surface area (Å²) in [6, 6.07) is 16.8. The van der Waals surface area contributed by atoms with E-state index in [2.05, 4.69) is 0 Å². The molecule has 0 spiro atoms. The summed E-state index contributed by atoms with van der Waals surface area (Å²) in [7, 11) is 0. The summed E-state index contributed by atoms with van der Waals surface area (Å²) in [6.45, 7) is 1.27. The van der Waals surface area contributed by atoms with Gasteiger partial charge in [0, 0.05) is 0 Å². The number of aliphatic hydroxyl groups is 2.